The third-order valence-electron chi connectivity index (χ3n) is 2.81. The van der Waals surface area contributed by atoms with Crippen LogP contribution in [0.5, 0.6) is 0 Å². The highest BCUT2D eigenvalue weighted by molar-refractivity contribution is 5.22. The van der Waals surface area contributed by atoms with Gasteiger partial charge in [-0.15, -0.1) is 0 Å². The van der Waals surface area contributed by atoms with Crippen molar-refractivity contribution in [2.24, 2.45) is 0 Å². The zero-order chi connectivity index (χ0) is 17.0. The summed E-state index contributed by atoms with van der Waals surface area (Å²) in [7, 11) is 0. The molecule has 0 fully saturated rings. The molecule has 0 heterocycles. The maximum Gasteiger partial charge on any atom is -0.0241 e. The number of rotatable bonds is 0. The van der Waals surface area contributed by atoms with Gasteiger partial charge in [-0.05, 0) is 18.9 Å². The van der Waals surface area contributed by atoms with E-state index in [1.165, 1.54) is 0 Å². The lowest BCUT2D eigenvalue weighted by Crippen LogP contribution is -1.64. The molecule has 0 aromatic carbocycles. The molecule has 0 bridgehead atoms. The van der Waals surface area contributed by atoms with Crippen molar-refractivity contribution in [2.75, 3.05) is 0 Å². The van der Waals surface area contributed by atoms with Gasteiger partial charge in [-0.2, -0.15) is 0 Å². The Kier molecular flexibility index (Phi) is 13.2. The van der Waals surface area contributed by atoms with Crippen molar-refractivity contribution in [3.8, 4) is 0 Å². The van der Waals surface area contributed by atoms with Gasteiger partial charge in [-0.3, -0.25) is 0 Å². The molecule has 1 rings (SSSR count). The van der Waals surface area contributed by atoms with E-state index >= 15 is 0 Å². The largest absolute Gasteiger partial charge is 0.0842 e. The molecule has 0 saturated carbocycles. The summed E-state index contributed by atoms with van der Waals surface area (Å²) in [6.45, 7) is 0. The van der Waals surface area contributed by atoms with E-state index in [0.29, 0.717) is 0 Å². The van der Waals surface area contributed by atoms with Gasteiger partial charge in [0.05, 0.1) is 0 Å². The van der Waals surface area contributed by atoms with E-state index in [1.807, 2.05) is 115 Å². The van der Waals surface area contributed by atoms with E-state index in [-0.39, 0.29) is 0 Å². The summed E-state index contributed by atoms with van der Waals surface area (Å²) >= 11 is 0. The Bertz CT molecular complexity index is 565. The van der Waals surface area contributed by atoms with Crippen LogP contribution in [-0.2, 0) is 0 Å². The smallest absolute Gasteiger partial charge is 0.0241 e. The summed E-state index contributed by atoms with van der Waals surface area (Å²) < 4.78 is 0. The first-order valence-electron chi connectivity index (χ1n) is 8.22. The maximum atomic E-state index is 3.25. The molecule has 1 radical (unpaired) electrons. The van der Waals surface area contributed by atoms with Gasteiger partial charge in [0.1, 0.15) is 0 Å². The van der Waals surface area contributed by atoms with Gasteiger partial charge in [0.25, 0.3) is 0 Å². The van der Waals surface area contributed by atoms with Crippen LogP contribution in [0.4, 0.5) is 0 Å². The van der Waals surface area contributed by atoms with Gasteiger partial charge >= 0.3 is 0 Å². The molecule has 121 valence electrons. The molecule has 0 atom stereocenters. The van der Waals surface area contributed by atoms with Crippen molar-refractivity contribution in [3.63, 3.8) is 0 Å². The Balaban J connectivity index is 2.60. The quantitative estimate of drug-likeness (QED) is 0.466. The summed E-state index contributed by atoms with van der Waals surface area (Å²) in [5.41, 5.74) is 0. The molecule has 0 aromatic heterocycles. The Hall–Kier alpha value is -2.86. The second kappa shape index (κ2) is 16.5. The molecule has 0 nitrogen and oxygen atoms in total. The van der Waals surface area contributed by atoms with E-state index in [4.69, 9.17) is 0 Å². The van der Waals surface area contributed by atoms with E-state index in [2.05, 4.69) is 18.2 Å². The molecule has 0 aromatic rings. The Morgan fingerprint density at radius 3 is 1.12 bits per heavy atom. The summed E-state index contributed by atoms with van der Waals surface area (Å²) in [6, 6.07) is 0. The molecule has 0 amide bonds. The van der Waals surface area contributed by atoms with Crippen LogP contribution in [0.3, 0.4) is 0 Å². The summed E-state index contributed by atoms with van der Waals surface area (Å²) in [5, 5.41) is 0. The highest BCUT2D eigenvalue weighted by atomic mass is 13.8. The van der Waals surface area contributed by atoms with Gasteiger partial charge in [-0.25, -0.2) is 0 Å². The van der Waals surface area contributed by atoms with Gasteiger partial charge in [-0.1, -0.05) is 128 Å². The SMILES string of the molecule is [C]1=C/C=C\C=C\C=C\C=C\C=C\C=C/C=C/C=C/C=C/C=C\CC/1. The van der Waals surface area contributed by atoms with E-state index in [9.17, 15) is 0 Å². The highest BCUT2D eigenvalue weighted by Gasteiger charge is 1.74. The molecular formula is C24H25. The van der Waals surface area contributed by atoms with Gasteiger partial charge in [0.15, 0.2) is 0 Å². The van der Waals surface area contributed by atoms with Crippen LogP contribution < -0.4 is 0 Å². The molecule has 24 heavy (non-hydrogen) atoms. The molecule has 1 aliphatic carbocycles. The molecule has 0 heteroatoms. The molecule has 0 N–H and O–H groups in total. The number of hydrogen-bond acceptors (Lipinski definition) is 0. The lowest BCUT2D eigenvalue weighted by Gasteiger charge is -1.83. The lowest BCUT2D eigenvalue weighted by atomic mass is 10.2. The third kappa shape index (κ3) is 14.1. The molecule has 0 unspecified atom stereocenters. The third-order valence-corrected chi connectivity index (χ3v) is 2.81. The van der Waals surface area contributed by atoms with Gasteiger partial charge in [0.2, 0.25) is 0 Å². The Morgan fingerprint density at radius 1 is 0.375 bits per heavy atom. The second-order valence-corrected chi connectivity index (χ2v) is 4.80. The van der Waals surface area contributed by atoms with Gasteiger partial charge in [0, 0.05) is 0 Å². The minimum atomic E-state index is 0.932. The molecular weight excluding hydrogens is 288 g/mol. The standard InChI is InChI=1S/C24H25/c1-2-4-6-8-10-12-14-16-18-20-22-24-23-21-19-17-15-13-11-9-7-5-3-1/h1-21H,22,24H2/b3-1+,4-2-,7-5+,8-6+,11-9+,12-10+,15-13+,16-14+,19-17-,20-18-,23-21?. The Morgan fingerprint density at radius 2 is 0.708 bits per heavy atom. The van der Waals surface area contributed by atoms with Crippen molar-refractivity contribution in [3.05, 3.63) is 134 Å². The molecule has 0 saturated heterocycles. The minimum Gasteiger partial charge on any atom is -0.0842 e. The minimum absolute atomic E-state index is 0.932. The average molecular weight is 313 g/mol. The van der Waals surface area contributed by atoms with Crippen LogP contribution in [0.2, 0.25) is 0 Å². The number of hydrogen-bond donors (Lipinski definition) is 0. The second-order valence-electron chi connectivity index (χ2n) is 4.80. The van der Waals surface area contributed by atoms with E-state index in [0.717, 1.165) is 12.8 Å². The molecule has 0 aliphatic heterocycles. The maximum absolute atomic E-state index is 3.25. The first-order valence-corrected chi connectivity index (χ1v) is 8.22. The summed E-state index contributed by atoms with van der Waals surface area (Å²) in [5.74, 6) is 0. The van der Waals surface area contributed by atoms with Crippen molar-refractivity contribution >= 4 is 0 Å². The number of allylic oxidation sites excluding steroid dienone is 22. The van der Waals surface area contributed by atoms with Crippen LogP contribution in [0.15, 0.2) is 128 Å². The van der Waals surface area contributed by atoms with Crippen LogP contribution in [0, 0.1) is 6.08 Å². The normalized spacial score (nSPS) is 31.3. The van der Waals surface area contributed by atoms with Crippen LogP contribution in [-0.4, -0.2) is 0 Å². The molecule has 0 spiro atoms. The fourth-order valence-corrected chi connectivity index (χ4v) is 1.64. The Labute approximate surface area is 147 Å². The predicted octanol–water partition coefficient (Wildman–Crippen LogP) is 6.70. The predicted molar refractivity (Wildman–Crippen MR) is 108 cm³/mol. The highest BCUT2D eigenvalue weighted by Crippen LogP contribution is 1.94. The first kappa shape index (κ1) is 19.2. The van der Waals surface area contributed by atoms with Gasteiger partial charge < -0.3 is 0 Å². The fourth-order valence-electron chi connectivity index (χ4n) is 1.64. The lowest BCUT2D eigenvalue weighted by molar-refractivity contribution is 1.03. The fraction of sp³-hybridized carbons (Fsp3) is 0.0833. The summed E-state index contributed by atoms with van der Waals surface area (Å²) in [4.78, 5) is 0. The van der Waals surface area contributed by atoms with Crippen molar-refractivity contribution < 1.29 is 0 Å². The van der Waals surface area contributed by atoms with Crippen molar-refractivity contribution in [1.29, 1.82) is 0 Å². The summed E-state index contributed by atoms with van der Waals surface area (Å²) in [6.07, 6.45) is 47.5. The van der Waals surface area contributed by atoms with E-state index < -0.39 is 0 Å². The zero-order valence-electron chi connectivity index (χ0n) is 14.0. The van der Waals surface area contributed by atoms with E-state index in [1.54, 1.807) is 0 Å². The first-order chi connectivity index (χ1) is 12.0. The molecule has 1 aliphatic rings. The van der Waals surface area contributed by atoms with Crippen molar-refractivity contribution in [2.45, 2.75) is 12.8 Å². The average Bonchev–Trinajstić information content (AvgIpc) is 2.59. The van der Waals surface area contributed by atoms with Crippen LogP contribution in [0.1, 0.15) is 12.8 Å². The van der Waals surface area contributed by atoms with Crippen molar-refractivity contribution in [1.82, 2.24) is 0 Å². The zero-order valence-corrected chi connectivity index (χ0v) is 14.0. The topological polar surface area (TPSA) is 0 Å². The van der Waals surface area contributed by atoms with Crippen LogP contribution in [0.25, 0.3) is 0 Å². The van der Waals surface area contributed by atoms with Crippen LogP contribution >= 0.6 is 0 Å². The monoisotopic (exact) mass is 313 g/mol.